The number of nitro benzene ring substituents is 1. The van der Waals surface area contributed by atoms with Gasteiger partial charge in [0.25, 0.3) is 11.6 Å². The van der Waals surface area contributed by atoms with Crippen LogP contribution in [0.5, 0.6) is 0 Å². The van der Waals surface area contributed by atoms with Gasteiger partial charge < -0.3 is 14.5 Å². The van der Waals surface area contributed by atoms with Gasteiger partial charge in [-0.05, 0) is 30.5 Å². The maximum atomic E-state index is 12.4. The van der Waals surface area contributed by atoms with Gasteiger partial charge in [-0.3, -0.25) is 14.9 Å². The Kier molecular flexibility index (Phi) is 5.70. The fraction of sp³-hybridized carbons (Fsp3) is 0.333. The number of hydrogen-bond acceptors (Lipinski definition) is 7. The van der Waals surface area contributed by atoms with Crippen molar-refractivity contribution in [3.63, 3.8) is 0 Å². The number of carbonyl (C=O) groups excluding carboxylic acids is 2. The maximum absolute atomic E-state index is 12.4. The van der Waals surface area contributed by atoms with Crippen LogP contribution in [-0.4, -0.2) is 54.5 Å². The highest BCUT2D eigenvalue weighted by molar-refractivity contribution is 7.12. The minimum atomic E-state index is -0.585. The lowest BCUT2D eigenvalue weighted by Crippen LogP contribution is -2.48. The second kappa shape index (κ2) is 8.17. The van der Waals surface area contributed by atoms with Crippen molar-refractivity contribution in [1.82, 2.24) is 4.90 Å². The molecule has 8 nitrogen and oxygen atoms in total. The monoisotopic (exact) mass is 389 g/mol. The second-order valence-corrected chi connectivity index (χ2v) is 6.89. The van der Waals surface area contributed by atoms with Crippen LogP contribution in [0.25, 0.3) is 0 Å². The molecule has 1 aromatic carbocycles. The largest absolute Gasteiger partial charge is 0.462 e. The van der Waals surface area contributed by atoms with Crippen molar-refractivity contribution < 1.29 is 19.2 Å². The number of anilines is 1. The molecule has 0 atom stereocenters. The van der Waals surface area contributed by atoms with E-state index in [1.54, 1.807) is 24.0 Å². The van der Waals surface area contributed by atoms with Crippen LogP contribution in [0.2, 0.25) is 0 Å². The Balaban J connectivity index is 1.74. The number of nitrogens with zero attached hydrogens (tertiary/aromatic N) is 3. The van der Waals surface area contributed by atoms with Gasteiger partial charge in [-0.25, -0.2) is 4.79 Å². The molecule has 1 fully saturated rings. The van der Waals surface area contributed by atoms with E-state index in [-0.39, 0.29) is 23.8 Å². The molecule has 1 aliphatic rings. The molecule has 1 amide bonds. The summed E-state index contributed by atoms with van der Waals surface area (Å²) in [5, 5.41) is 13.3. The van der Waals surface area contributed by atoms with E-state index < -0.39 is 10.9 Å². The van der Waals surface area contributed by atoms with Crippen molar-refractivity contribution in [2.75, 3.05) is 37.7 Å². The number of amides is 1. The van der Waals surface area contributed by atoms with E-state index in [2.05, 4.69) is 0 Å². The van der Waals surface area contributed by atoms with E-state index in [0.29, 0.717) is 36.7 Å². The third-order valence-electron chi connectivity index (χ3n) is 4.32. The lowest BCUT2D eigenvalue weighted by atomic mass is 10.1. The summed E-state index contributed by atoms with van der Waals surface area (Å²) in [6, 6.07) is 7.97. The summed E-state index contributed by atoms with van der Waals surface area (Å²) >= 11 is 1.40. The number of ether oxygens (including phenoxy) is 1. The van der Waals surface area contributed by atoms with Gasteiger partial charge in [0.15, 0.2) is 0 Å². The summed E-state index contributed by atoms with van der Waals surface area (Å²) < 4.78 is 4.91. The van der Waals surface area contributed by atoms with Crippen LogP contribution in [0, 0.1) is 10.1 Å². The molecule has 27 heavy (non-hydrogen) atoms. The van der Waals surface area contributed by atoms with Crippen LogP contribution in [0.1, 0.15) is 27.0 Å². The van der Waals surface area contributed by atoms with Crippen molar-refractivity contribution in [2.45, 2.75) is 6.92 Å². The van der Waals surface area contributed by atoms with Gasteiger partial charge in [-0.15, -0.1) is 11.3 Å². The molecule has 2 heterocycles. The number of carbonyl (C=O) groups is 2. The van der Waals surface area contributed by atoms with E-state index in [1.165, 1.54) is 23.5 Å². The van der Waals surface area contributed by atoms with E-state index in [0.717, 1.165) is 0 Å². The van der Waals surface area contributed by atoms with E-state index in [9.17, 15) is 19.7 Å². The van der Waals surface area contributed by atoms with Crippen LogP contribution in [-0.2, 0) is 4.74 Å². The minimum Gasteiger partial charge on any atom is -0.462 e. The number of piperazine rings is 1. The zero-order chi connectivity index (χ0) is 19.4. The summed E-state index contributed by atoms with van der Waals surface area (Å²) in [5.41, 5.74) is 0.452. The van der Waals surface area contributed by atoms with Crippen molar-refractivity contribution in [3.8, 4) is 0 Å². The predicted octanol–water partition coefficient (Wildman–Crippen LogP) is 2.80. The fourth-order valence-electron chi connectivity index (χ4n) is 2.99. The van der Waals surface area contributed by atoms with Crippen LogP contribution in [0.3, 0.4) is 0 Å². The number of thiophene rings is 1. The summed E-state index contributed by atoms with van der Waals surface area (Å²) in [6.07, 6.45) is 0. The van der Waals surface area contributed by atoms with Crippen molar-refractivity contribution in [2.24, 2.45) is 0 Å². The lowest BCUT2D eigenvalue weighted by molar-refractivity contribution is -0.384. The molecule has 2 aromatic rings. The average molecular weight is 389 g/mol. The third kappa shape index (κ3) is 4.08. The molecule has 142 valence electrons. The summed E-state index contributed by atoms with van der Waals surface area (Å²) in [4.78, 5) is 39.6. The number of nitro groups is 1. The Hall–Kier alpha value is -2.94. The smallest absolute Gasteiger partial charge is 0.338 e. The Bertz CT molecular complexity index is 845. The summed E-state index contributed by atoms with van der Waals surface area (Å²) in [5.74, 6) is -0.602. The molecule has 1 aromatic heterocycles. The molecule has 0 aliphatic carbocycles. The Morgan fingerprint density at radius 2 is 1.96 bits per heavy atom. The standard InChI is InChI=1S/C18H19N3O5S/c1-2-26-18(23)13-5-6-14(15(12-13)21(24)25)19-7-9-20(10-8-19)17(22)16-4-3-11-27-16/h3-6,11-12H,2,7-10H2,1H3. The van der Waals surface area contributed by atoms with Crippen molar-refractivity contribution >= 4 is 34.6 Å². The topological polar surface area (TPSA) is 93.0 Å². The van der Waals surface area contributed by atoms with Crippen LogP contribution in [0.4, 0.5) is 11.4 Å². The van der Waals surface area contributed by atoms with Gasteiger partial charge in [-0.1, -0.05) is 6.07 Å². The lowest BCUT2D eigenvalue weighted by Gasteiger charge is -2.35. The first-order chi connectivity index (χ1) is 13.0. The number of esters is 1. The average Bonchev–Trinajstić information content (AvgIpc) is 3.22. The maximum Gasteiger partial charge on any atom is 0.338 e. The molecule has 1 saturated heterocycles. The first kappa shape index (κ1) is 18.8. The van der Waals surface area contributed by atoms with Gasteiger partial charge >= 0.3 is 5.97 Å². The molecule has 3 rings (SSSR count). The zero-order valence-electron chi connectivity index (χ0n) is 14.8. The molecule has 0 unspecified atom stereocenters. The molecular formula is C18H19N3O5S. The molecule has 0 radical (unpaired) electrons. The SMILES string of the molecule is CCOC(=O)c1ccc(N2CCN(C(=O)c3cccs3)CC2)c([N+](=O)[O-])c1. The quantitative estimate of drug-likeness (QED) is 0.443. The van der Waals surface area contributed by atoms with Gasteiger partial charge in [0.05, 0.1) is 22.0 Å². The molecule has 0 bridgehead atoms. The van der Waals surface area contributed by atoms with Crippen LogP contribution >= 0.6 is 11.3 Å². The van der Waals surface area contributed by atoms with Gasteiger partial charge in [0, 0.05) is 32.2 Å². The highest BCUT2D eigenvalue weighted by Gasteiger charge is 2.27. The highest BCUT2D eigenvalue weighted by Crippen LogP contribution is 2.30. The summed E-state index contributed by atoms with van der Waals surface area (Å²) in [7, 11) is 0. The minimum absolute atomic E-state index is 0.0168. The van der Waals surface area contributed by atoms with Crippen molar-refractivity contribution in [3.05, 3.63) is 56.3 Å². The zero-order valence-corrected chi connectivity index (χ0v) is 15.6. The van der Waals surface area contributed by atoms with Gasteiger partial charge in [-0.2, -0.15) is 0 Å². The fourth-order valence-corrected chi connectivity index (χ4v) is 3.68. The number of rotatable bonds is 5. The number of hydrogen-bond donors (Lipinski definition) is 0. The molecule has 1 aliphatic heterocycles. The van der Waals surface area contributed by atoms with Gasteiger partial charge in [0.1, 0.15) is 5.69 Å². The van der Waals surface area contributed by atoms with Gasteiger partial charge in [0.2, 0.25) is 0 Å². The van der Waals surface area contributed by atoms with E-state index in [4.69, 9.17) is 4.74 Å². The van der Waals surface area contributed by atoms with E-state index >= 15 is 0 Å². The second-order valence-electron chi connectivity index (χ2n) is 5.94. The molecule has 0 N–H and O–H groups in total. The summed E-state index contributed by atoms with van der Waals surface area (Å²) in [6.45, 7) is 3.81. The van der Waals surface area contributed by atoms with Crippen LogP contribution < -0.4 is 4.90 Å². The first-order valence-corrected chi connectivity index (χ1v) is 9.42. The first-order valence-electron chi connectivity index (χ1n) is 8.54. The predicted molar refractivity (Wildman–Crippen MR) is 101 cm³/mol. The van der Waals surface area contributed by atoms with Crippen LogP contribution in [0.15, 0.2) is 35.7 Å². The molecule has 9 heteroatoms. The van der Waals surface area contributed by atoms with E-state index in [1.807, 2.05) is 16.3 Å². The van der Waals surface area contributed by atoms with Crippen molar-refractivity contribution in [1.29, 1.82) is 0 Å². The number of benzene rings is 1. The Morgan fingerprint density at radius 1 is 1.22 bits per heavy atom. The highest BCUT2D eigenvalue weighted by atomic mass is 32.1. The third-order valence-corrected chi connectivity index (χ3v) is 5.18. The molecule has 0 spiro atoms. The normalized spacial score (nSPS) is 14.1. The Labute approximate surface area is 160 Å². The molecule has 0 saturated carbocycles. The molecular weight excluding hydrogens is 370 g/mol. The Morgan fingerprint density at radius 3 is 2.56 bits per heavy atom.